The summed E-state index contributed by atoms with van der Waals surface area (Å²) < 4.78 is 5.87. The number of nitrogens with one attached hydrogen (secondary N) is 6. The summed E-state index contributed by atoms with van der Waals surface area (Å²) in [5.41, 5.74) is 6.86. The SMILES string of the molecule is CCCCC(NC(=O)C(CC(C)C)NC(=O)C(NC(=O)C(Cc1ccccc1C)NC(=O)C(COCc1ccccc1)NC(=O)C(C)NC)C(C)(C)C)C(=O)C(N)=O. The molecule has 0 radical (unpaired) electrons. The number of ether oxygens (including phenoxy) is 1. The van der Waals surface area contributed by atoms with Crippen molar-refractivity contribution in [2.75, 3.05) is 13.7 Å². The highest BCUT2D eigenvalue weighted by molar-refractivity contribution is 6.37. The molecule has 0 aliphatic rings. The van der Waals surface area contributed by atoms with Gasteiger partial charge >= 0.3 is 0 Å². The molecule has 0 aliphatic heterocycles. The first-order valence-electron chi connectivity index (χ1n) is 20.0. The molecule has 58 heavy (non-hydrogen) atoms. The van der Waals surface area contributed by atoms with Crippen molar-refractivity contribution in [1.29, 1.82) is 0 Å². The van der Waals surface area contributed by atoms with Gasteiger partial charge in [-0.15, -0.1) is 0 Å². The molecule has 6 atom stereocenters. The number of primary amides is 1. The van der Waals surface area contributed by atoms with Gasteiger partial charge in [-0.05, 0) is 61.8 Å². The molecule has 0 heterocycles. The Hall–Kier alpha value is -5.15. The lowest BCUT2D eigenvalue weighted by atomic mass is 9.85. The fourth-order valence-electron chi connectivity index (χ4n) is 6.02. The topological polar surface area (TPSA) is 227 Å². The van der Waals surface area contributed by atoms with E-state index < -0.39 is 82.9 Å². The lowest BCUT2D eigenvalue weighted by Gasteiger charge is -2.34. The number of carbonyl (C=O) groups excluding carboxylic acids is 7. The summed E-state index contributed by atoms with van der Waals surface area (Å²) in [4.78, 5) is 93.4. The van der Waals surface area contributed by atoms with E-state index in [0.29, 0.717) is 12.8 Å². The van der Waals surface area contributed by atoms with Gasteiger partial charge in [0.1, 0.15) is 24.2 Å². The van der Waals surface area contributed by atoms with Crippen molar-refractivity contribution in [3.63, 3.8) is 0 Å². The van der Waals surface area contributed by atoms with Crippen molar-refractivity contribution in [2.45, 2.75) is 130 Å². The number of unbranched alkanes of at least 4 members (excludes halogenated alkanes) is 1. The van der Waals surface area contributed by atoms with Gasteiger partial charge in [-0.2, -0.15) is 0 Å². The zero-order valence-electron chi connectivity index (χ0n) is 35.5. The molecule has 2 aromatic carbocycles. The Morgan fingerprint density at radius 1 is 0.707 bits per heavy atom. The van der Waals surface area contributed by atoms with Crippen LogP contribution in [0.5, 0.6) is 0 Å². The molecule has 0 fully saturated rings. The van der Waals surface area contributed by atoms with E-state index in [1.807, 2.05) is 82.3 Å². The molecule has 2 aromatic rings. The van der Waals surface area contributed by atoms with Gasteiger partial charge in [0.2, 0.25) is 35.3 Å². The molecule has 15 heteroatoms. The number of likely N-dealkylation sites (N-methyl/N-ethyl adjacent to an activating group) is 1. The van der Waals surface area contributed by atoms with Crippen LogP contribution in [0.25, 0.3) is 0 Å². The maximum atomic E-state index is 14.3. The number of Topliss-reactive ketones (excluding diaryl/α,β-unsaturated/α-hetero) is 1. The first kappa shape index (κ1) is 49.0. The molecule has 0 bridgehead atoms. The van der Waals surface area contributed by atoms with Gasteiger partial charge in [0.25, 0.3) is 5.91 Å². The molecule has 0 saturated carbocycles. The van der Waals surface area contributed by atoms with Crippen LogP contribution in [0.3, 0.4) is 0 Å². The Morgan fingerprint density at radius 2 is 1.26 bits per heavy atom. The van der Waals surface area contributed by atoms with Crippen molar-refractivity contribution in [2.24, 2.45) is 17.1 Å². The number of hydrogen-bond acceptors (Lipinski definition) is 9. The maximum absolute atomic E-state index is 14.3. The highest BCUT2D eigenvalue weighted by atomic mass is 16.5. The van der Waals surface area contributed by atoms with Gasteiger partial charge in [0.05, 0.1) is 25.3 Å². The van der Waals surface area contributed by atoms with Crippen molar-refractivity contribution >= 4 is 41.2 Å². The predicted octanol–water partition coefficient (Wildman–Crippen LogP) is 2.12. The van der Waals surface area contributed by atoms with E-state index in [2.05, 4.69) is 31.9 Å². The maximum Gasteiger partial charge on any atom is 0.287 e. The van der Waals surface area contributed by atoms with Crippen molar-refractivity contribution in [3.05, 3.63) is 71.3 Å². The smallest absolute Gasteiger partial charge is 0.287 e. The number of benzene rings is 2. The third-order valence-electron chi connectivity index (χ3n) is 9.65. The normalized spacial score (nSPS) is 14.5. The Balaban J connectivity index is 2.43. The summed E-state index contributed by atoms with van der Waals surface area (Å²) in [7, 11) is 1.61. The van der Waals surface area contributed by atoms with E-state index in [9.17, 15) is 33.6 Å². The number of carbonyl (C=O) groups is 7. The summed E-state index contributed by atoms with van der Waals surface area (Å²) in [6.07, 6.45) is 1.68. The van der Waals surface area contributed by atoms with Crippen LogP contribution in [0.2, 0.25) is 0 Å². The highest BCUT2D eigenvalue weighted by Crippen LogP contribution is 2.21. The largest absolute Gasteiger partial charge is 0.374 e. The van der Waals surface area contributed by atoms with E-state index in [1.54, 1.807) is 34.7 Å². The van der Waals surface area contributed by atoms with Crippen LogP contribution in [0.1, 0.15) is 90.8 Å². The van der Waals surface area contributed by atoms with Crippen LogP contribution in [0.4, 0.5) is 0 Å². The minimum Gasteiger partial charge on any atom is -0.374 e. The Kier molecular flexibility index (Phi) is 20.2. The molecular formula is C43H65N7O8. The second kappa shape index (κ2) is 23.9. The Morgan fingerprint density at radius 3 is 1.83 bits per heavy atom. The molecule has 8 N–H and O–H groups in total. The number of nitrogens with two attached hydrogens (primary N) is 1. The predicted molar refractivity (Wildman–Crippen MR) is 222 cm³/mol. The summed E-state index contributed by atoms with van der Waals surface area (Å²) in [5.74, 6) is -5.32. The fourth-order valence-corrected chi connectivity index (χ4v) is 6.02. The van der Waals surface area contributed by atoms with Crippen LogP contribution >= 0.6 is 0 Å². The van der Waals surface area contributed by atoms with Crippen LogP contribution in [-0.2, 0) is 51.3 Å². The van der Waals surface area contributed by atoms with Crippen LogP contribution in [0, 0.1) is 18.3 Å². The first-order valence-corrected chi connectivity index (χ1v) is 20.0. The number of hydrogen-bond donors (Lipinski definition) is 7. The number of aryl methyl sites for hydroxylation is 1. The number of amides is 6. The Labute approximate surface area is 343 Å². The second-order valence-electron chi connectivity index (χ2n) is 16.2. The van der Waals surface area contributed by atoms with Gasteiger partial charge in [-0.3, -0.25) is 33.6 Å². The average molecular weight is 808 g/mol. The van der Waals surface area contributed by atoms with Gasteiger partial charge in [-0.1, -0.05) is 109 Å². The van der Waals surface area contributed by atoms with E-state index in [-0.39, 0.29) is 38.4 Å². The van der Waals surface area contributed by atoms with Gasteiger partial charge in [-0.25, -0.2) is 0 Å². The quantitative estimate of drug-likeness (QED) is 0.0771. The fraction of sp³-hybridized carbons (Fsp3) is 0.558. The van der Waals surface area contributed by atoms with Crippen LogP contribution < -0.4 is 37.6 Å². The van der Waals surface area contributed by atoms with Crippen molar-refractivity contribution in [1.82, 2.24) is 31.9 Å². The number of rotatable bonds is 24. The molecule has 0 spiro atoms. The summed E-state index contributed by atoms with van der Waals surface area (Å²) in [6.45, 7) is 14.4. The molecule has 0 aliphatic carbocycles. The van der Waals surface area contributed by atoms with E-state index in [1.165, 1.54) is 0 Å². The van der Waals surface area contributed by atoms with E-state index in [4.69, 9.17) is 10.5 Å². The number of ketones is 1. The zero-order valence-corrected chi connectivity index (χ0v) is 35.5. The molecule has 320 valence electrons. The molecule has 6 unspecified atom stereocenters. The van der Waals surface area contributed by atoms with Gasteiger partial charge in [0.15, 0.2) is 0 Å². The monoisotopic (exact) mass is 807 g/mol. The Bertz CT molecular complexity index is 1690. The molecule has 15 nitrogen and oxygen atoms in total. The lowest BCUT2D eigenvalue weighted by Crippen LogP contribution is -2.62. The lowest BCUT2D eigenvalue weighted by molar-refractivity contribution is -0.139. The van der Waals surface area contributed by atoms with E-state index >= 15 is 0 Å². The third kappa shape index (κ3) is 16.4. The average Bonchev–Trinajstić information content (AvgIpc) is 3.17. The summed E-state index contributed by atoms with van der Waals surface area (Å²) >= 11 is 0. The van der Waals surface area contributed by atoms with Crippen LogP contribution in [0.15, 0.2) is 54.6 Å². The third-order valence-corrected chi connectivity index (χ3v) is 9.65. The molecule has 2 rings (SSSR count). The van der Waals surface area contributed by atoms with Crippen molar-refractivity contribution < 1.29 is 38.3 Å². The molecule has 0 saturated heterocycles. The molecule has 6 amide bonds. The van der Waals surface area contributed by atoms with Gasteiger partial charge in [0, 0.05) is 6.42 Å². The summed E-state index contributed by atoms with van der Waals surface area (Å²) in [6, 6.07) is 10.2. The zero-order chi connectivity index (χ0) is 43.6. The molecular weight excluding hydrogens is 743 g/mol. The second-order valence-corrected chi connectivity index (χ2v) is 16.2. The van der Waals surface area contributed by atoms with Gasteiger partial charge < -0.3 is 42.4 Å². The highest BCUT2D eigenvalue weighted by Gasteiger charge is 2.38. The minimum atomic E-state index is -1.21. The van der Waals surface area contributed by atoms with E-state index in [0.717, 1.165) is 16.7 Å². The van der Waals surface area contributed by atoms with Crippen molar-refractivity contribution in [3.8, 4) is 0 Å². The minimum absolute atomic E-state index is 0.0482. The van der Waals surface area contributed by atoms with Crippen LogP contribution in [-0.4, -0.2) is 91.1 Å². The standard InChI is InChI=1S/C43H65N7O8/c1-10-11-21-31(35(51)37(44)52)46-39(54)32(22-26(2)3)48-42(57)36(43(6,7)8)50-40(55)33(23-30-20-16-15-17-27(30)4)47-41(56)34(49-38(53)28(5)45-9)25-58-24-29-18-13-12-14-19-29/h12-20,26,28,31-34,36,45H,10-11,21-25H2,1-9H3,(H2,44,52)(H,46,54)(H,47,56)(H,48,57)(H,49,53)(H,50,55). The summed E-state index contributed by atoms with van der Waals surface area (Å²) in [5, 5.41) is 16.6. The molecule has 0 aromatic heterocycles. The first-order chi connectivity index (χ1) is 27.3.